The van der Waals surface area contributed by atoms with Crippen molar-refractivity contribution in [3.63, 3.8) is 0 Å². The third-order valence-corrected chi connectivity index (χ3v) is 11.4. The van der Waals surface area contributed by atoms with E-state index in [1.807, 2.05) is 0 Å². The molecule has 2 aliphatic heterocycles. The van der Waals surface area contributed by atoms with Crippen molar-refractivity contribution in [1.82, 2.24) is 9.88 Å². The predicted molar refractivity (Wildman–Crippen MR) is 185 cm³/mol. The van der Waals surface area contributed by atoms with Crippen molar-refractivity contribution in [3.05, 3.63) is 90.1 Å². The summed E-state index contributed by atoms with van der Waals surface area (Å²) in [4.78, 5) is 22.5. The topological polar surface area (TPSA) is 89.0 Å². The molecule has 0 spiro atoms. The standard InChI is InChI=1S/C38H45N3O5S/c1-3-5-25-46-32-12-14-33(15-13-32)47(43,44)36-27-39-35-16-11-30(38(42)45-4-2)26-34(35)37(36)41-23-19-31(20-24-41)40-21-17-29(18-22-40)28-9-7-6-8-10-28/h6-16,26-27,29,31H,3-5,17-25H2,1-2H3. The Balaban J connectivity index is 1.27. The van der Waals surface area contributed by atoms with Crippen LogP contribution in [-0.2, 0) is 14.6 Å². The molecular weight excluding hydrogens is 611 g/mol. The molecule has 0 bridgehead atoms. The Morgan fingerprint density at radius 3 is 2.30 bits per heavy atom. The lowest BCUT2D eigenvalue weighted by atomic mass is 9.88. The Labute approximate surface area is 278 Å². The van der Waals surface area contributed by atoms with E-state index in [1.54, 1.807) is 49.4 Å². The minimum absolute atomic E-state index is 0.146. The lowest BCUT2D eigenvalue weighted by Gasteiger charge is -2.43. The van der Waals surface area contributed by atoms with Crippen LogP contribution < -0.4 is 9.64 Å². The summed E-state index contributed by atoms with van der Waals surface area (Å²) in [5.41, 5.74) is 3.05. The van der Waals surface area contributed by atoms with Crippen LogP contribution in [0.3, 0.4) is 0 Å². The molecule has 3 heterocycles. The number of pyridine rings is 1. The summed E-state index contributed by atoms with van der Waals surface area (Å²) in [5, 5.41) is 0.637. The van der Waals surface area contributed by atoms with Gasteiger partial charge in [-0.05, 0) is 106 Å². The zero-order chi connectivity index (χ0) is 32.8. The maximum Gasteiger partial charge on any atom is 0.338 e. The monoisotopic (exact) mass is 655 g/mol. The van der Waals surface area contributed by atoms with Gasteiger partial charge in [0.2, 0.25) is 9.84 Å². The Morgan fingerprint density at radius 2 is 1.62 bits per heavy atom. The van der Waals surface area contributed by atoms with Crippen molar-refractivity contribution in [2.24, 2.45) is 0 Å². The van der Waals surface area contributed by atoms with Gasteiger partial charge in [-0.3, -0.25) is 4.98 Å². The van der Waals surface area contributed by atoms with Gasteiger partial charge in [-0.25, -0.2) is 13.2 Å². The fraction of sp³-hybridized carbons (Fsp3) is 0.421. The van der Waals surface area contributed by atoms with Crippen molar-refractivity contribution < 1.29 is 22.7 Å². The van der Waals surface area contributed by atoms with Crippen LogP contribution >= 0.6 is 0 Å². The molecule has 3 aromatic carbocycles. The van der Waals surface area contributed by atoms with E-state index in [0.717, 1.165) is 51.6 Å². The van der Waals surface area contributed by atoms with Gasteiger partial charge in [0, 0.05) is 30.7 Å². The Morgan fingerprint density at radius 1 is 0.894 bits per heavy atom. The highest BCUT2D eigenvalue weighted by atomic mass is 32.2. The number of rotatable bonds is 11. The van der Waals surface area contributed by atoms with Gasteiger partial charge in [0.25, 0.3) is 0 Å². The van der Waals surface area contributed by atoms with E-state index >= 15 is 0 Å². The number of unbranched alkanes of at least 4 members (excludes halogenated alkanes) is 1. The van der Waals surface area contributed by atoms with Gasteiger partial charge in [-0.15, -0.1) is 0 Å². The molecule has 47 heavy (non-hydrogen) atoms. The summed E-state index contributed by atoms with van der Waals surface area (Å²) in [6.45, 7) is 8.27. The maximum atomic E-state index is 14.3. The first-order valence-electron chi connectivity index (χ1n) is 17.0. The Kier molecular flexibility index (Phi) is 10.4. The second-order valence-electron chi connectivity index (χ2n) is 12.5. The molecule has 0 saturated carbocycles. The lowest BCUT2D eigenvalue weighted by Crippen LogP contribution is -2.47. The van der Waals surface area contributed by atoms with E-state index in [0.29, 0.717) is 59.6 Å². The van der Waals surface area contributed by atoms with E-state index < -0.39 is 15.8 Å². The summed E-state index contributed by atoms with van der Waals surface area (Å²) in [6.07, 6.45) is 7.60. The average molecular weight is 656 g/mol. The summed E-state index contributed by atoms with van der Waals surface area (Å²) >= 11 is 0. The van der Waals surface area contributed by atoms with E-state index in [2.05, 4.69) is 52.0 Å². The molecule has 0 amide bonds. The highest BCUT2D eigenvalue weighted by molar-refractivity contribution is 7.91. The molecule has 0 N–H and O–H groups in total. The number of anilines is 1. The van der Waals surface area contributed by atoms with Crippen molar-refractivity contribution in [3.8, 4) is 5.75 Å². The number of likely N-dealkylation sites (tertiary alicyclic amines) is 1. The SMILES string of the molecule is CCCCOc1ccc(S(=O)(=O)c2cnc3ccc(C(=O)OCC)cc3c2N2CCC(N3CCC(c4ccccc4)CC3)CC2)cc1. The molecule has 6 rings (SSSR count). The number of hydrogen-bond acceptors (Lipinski definition) is 8. The number of piperidine rings is 2. The van der Waals surface area contributed by atoms with Gasteiger partial charge in [-0.1, -0.05) is 43.7 Å². The van der Waals surface area contributed by atoms with Crippen molar-refractivity contribution in [1.29, 1.82) is 0 Å². The van der Waals surface area contributed by atoms with Crippen molar-refractivity contribution in [2.45, 2.75) is 74.1 Å². The first-order chi connectivity index (χ1) is 22.9. The number of esters is 1. The number of sulfone groups is 1. The molecule has 0 aliphatic carbocycles. The number of ether oxygens (including phenoxy) is 2. The molecule has 8 nitrogen and oxygen atoms in total. The number of aromatic nitrogens is 1. The number of carbonyl (C=O) groups excluding carboxylic acids is 1. The molecule has 1 aromatic heterocycles. The normalized spacial score (nSPS) is 16.8. The molecule has 9 heteroatoms. The second-order valence-corrected chi connectivity index (χ2v) is 14.5. The number of carbonyl (C=O) groups is 1. The molecule has 2 saturated heterocycles. The highest BCUT2D eigenvalue weighted by Gasteiger charge is 2.33. The predicted octanol–water partition coefficient (Wildman–Crippen LogP) is 7.27. The molecule has 0 atom stereocenters. The number of hydrogen-bond donors (Lipinski definition) is 0. The van der Waals surface area contributed by atoms with Crippen molar-refractivity contribution >= 4 is 32.4 Å². The fourth-order valence-electron chi connectivity index (χ4n) is 6.98. The van der Waals surface area contributed by atoms with Gasteiger partial charge in [-0.2, -0.15) is 0 Å². The molecule has 0 radical (unpaired) electrons. The highest BCUT2D eigenvalue weighted by Crippen LogP contribution is 2.39. The average Bonchev–Trinajstić information content (AvgIpc) is 3.12. The van der Waals surface area contributed by atoms with E-state index in [9.17, 15) is 13.2 Å². The largest absolute Gasteiger partial charge is 0.494 e. The molecule has 248 valence electrons. The minimum atomic E-state index is -3.95. The van der Waals surface area contributed by atoms with E-state index in [-0.39, 0.29) is 16.4 Å². The van der Waals surface area contributed by atoms with Gasteiger partial charge >= 0.3 is 5.97 Å². The Bertz CT molecular complexity index is 1760. The van der Waals surface area contributed by atoms with Crippen LogP contribution in [0.15, 0.2) is 88.8 Å². The first-order valence-corrected chi connectivity index (χ1v) is 18.5. The minimum Gasteiger partial charge on any atom is -0.494 e. The zero-order valence-corrected chi connectivity index (χ0v) is 28.3. The maximum absolute atomic E-state index is 14.3. The third-order valence-electron chi connectivity index (χ3n) is 9.60. The summed E-state index contributed by atoms with van der Waals surface area (Å²) in [7, 11) is -3.95. The van der Waals surface area contributed by atoms with Gasteiger partial charge in [0.1, 0.15) is 10.6 Å². The van der Waals surface area contributed by atoms with Crippen LogP contribution in [0.1, 0.15) is 74.2 Å². The van der Waals surface area contributed by atoms with Crippen LogP contribution in [0.4, 0.5) is 5.69 Å². The van der Waals surface area contributed by atoms with Crippen LogP contribution in [0.5, 0.6) is 5.75 Å². The summed E-state index contributed by atoms with van der Waals surface area (Å²) in [5.74, 6) is 0.808. The zero-order valence-electron chi connectivity index (χ0n) is 27.4. The molecule has 0 unspecified atom stereocenters. The number of benzene rings is 3. The van der Waals surface area contributed by atoms with Gasteiger partial charge in [0.15, 0.2) is 0 Å². The van der Waals surface area contributed by atoms with Crippen LogP contribution in [0.25, 0.3) is 10.9 Å². The molecule has 2 fully saturated rings. The van der Waals surface area contributed by atoms with E-state index in [1.165, 1.54) is 11.8 Å². The smallest absolute Gasteiger partial charge is 0.338 e. The molecule has 2 aliphatic rings. The van der Waals surface area contributed by atoms with Gasteiger partial charge in [0.05, 0.1) is 34.9 Å². The quantitative estimate of drug-likeness (QED) is 0.123. The lowest BCUT2D eigenvalue weighted by molar-refractivity contribution is 0.0526. The third kappa shape index (κ3) is 7.31. The summed E-state index contributed by atoms with van der Waals surface area (Å²) < 4.78 is 39.6. The molecular formula is C38H45N3O5S. The fourth-order valence-corrected chi connectivity index (χ4v) is 8.41. The van der Waals surface area contributed by atoms with Gasteiger partial charge < -0.3 is 19.3 Å². The van der Waals surface area contributed by atoms with Crippen LogP contribution in [0.2, 0.25) is 0 Å². The number of nitrogens with zero attached hydrogens (tertiary/aromatic N) is 3. The Hall–Kier alpha value is -3.95. The first kappa shape index (κ1) is 33.0. The molecule has 4 aromatic rings. The number of fused-ring (bicyclic) bond motifs is 1. The van der Waals surface area contributed by atoms with Crippen LogP contribution in [-0.4, -0.2) is 69.7 Å². The van der Waals surface area contributed by atoms with E-state index in [4.69, 9.17) is 9.47 Å². The van der Waals surface area contributed by atoms with Crippen molar-refractivity contribution in [2.75, 3.05) is 44.3 Å². The second kappa shape index (κ2) is 14.9. The summed E-state index contributed by atoms with van der Waals surface area (Å²) in [6, 6.07) is 23.1. The van der Waals surface area contributed by atoms with Crippen LogP contribution in [0, 0.1) is 0 Å².